The normalized spacial score (nSPS) is 15.7. The zero-order valence-corrected chi connectivity index (χ0v) is 12.7. The number of halogens is 15. The van der Waals surface area contributed by atoms with Crippen LogP contribution in [-0.4, -0.2) is 61.3 Å². The summed E-state index contributed by atoms with van der Waals surface area (Å²) >= 11 is 0. The van der Waals surface area contributed by atoms with Crippen molar-refractivity contribution >= 4 is 0 Å². The van der Waals surface area contributed by atoms with Crippen molar-refractivity contribution in [1.82, 2.24) is 0 Å². The first-order chi connectivity index (χ1) is 12.4. The lowest BCUT2D eigenvalue weighted by Gasteiger charge is -2.31. The molecule has 20 heteroatoms. The fraction of sp³-hybridized carbons (Fsp3) is 1.00. The minimum absolute atomic E-state index is 1.59. The minimum atomic E-state index is -6.79. The van der Waals surface area contributed by atoms with Gasteiger partial charge in [0.25, 0.3) is 0 Å². The van der Waals surface area contributed by atoms with Crippen molar-refractivity contribution in [3.63, 3.8) is 0 Å². The van der Waals surface area contributed by atoms with E-state index in [1.54, 1.807) is 4.74 Å². The second kappa shape index (κ2) is 8.12. The van der Waals surface area contributed by atoms with Gasteiger partial charge >= 0.3 is 43.0 Å². The molecule has 5 nitrogen and oxygen atoms in total. The molecule has 0 aliphatic heterocycles. The number of aliphatic hydroxyl groups excluding tert-OH is 1. The summed E-state index contributed by atoms with van der Waals surface area (Å²) in [5, 5.41) is 7.88. The van der Waals surface area contributed by atoms with Crippen molar-refractivity contribution in [3.8, 4) is 0 Å². The lowest BCUT2D eigenvalue weighted by Crippen LogP contribution is -2.54. The van der Waals surface area contributed by atoms with E-state index in [0.29, 0.717) is 0 Å². The zero-order chi connectivity index (χ0) is 23.7. The van der Waals surface area contributed by atoms with E-state index in [1.807, 2.05) is 4.74 Å². The molecule has 0 aromatic carbocycles. The maximum atomic E-state index is 12.9. The molecule has 0 rings (SSSR count). The molecule has 0 aromatic heterocycles. The van der Waals surface area contributed by atoms with Gasteiger partial charge in [-0.2, -0.15) is 52.7 Å². The van der Waals surface area contributed by atoms with Gasteiger partial charge in [-0.1, -0.05) is 0 Å². The number of alkyl halides is 15. The molecule has 0 saturated heterocycles. The van der Waals surface area contributed by atoms with Crippen molar-refractivity contribution < 1.29 is 89.9 Å². The Bertz CT molecular complexity index is 545. The number of aliphatic hydroxyl groups is 1. The van der Waals surface area contributed by atoms with Gasteiger partial charge in [-0.15, -0.1) is 13.2 Å². The first kappa shape index (κ1) is 27.8. The fourth-order valence-corrected chi connectivity index (χ4v) is 1.02. The Morgan fingerprint density at radius 2 is 0.828 bits per heavy atom. The van der Waals surface area contributed by atoms with Crippen LogP contribution in [-0.2, 0) is 18.9 Å². The zero-order valence-electron chi connectivity index (χ0n) is 12.7. The van der Waals surface area contributed by atoms with Gasteiger partial charge in [-0.05, 0) is 0 Å². The van der Waals surface area contributed by atoms with Crippen LogP contribution < -0.4 is 0 Å². The summed E-state index contributed by atoms with van der Waals surface area (Å²) in [6, 6.07) is 0. The SMILES string of the molecule is OCC(F)(F)OC(F)(F)C(F)(F)OC(F)(F)COC(F)(F)C(F)(F)OC(F)(F)F. The monoisotopic (exact) mass is 478 g/mol. The summed E-state index contributed by atoms with van der Waals surface area (Å²) < 4.78 is 195. The minimum Gasteiger partial charge on any atom is -0.387 e. The topological polar surface area (TPSA) is 57.2 Å². The van der Waals surface area contributed by atoms with Gasteiger partial charge in [0.15, 0.2) is 0 Å². The van der Waals surface area contributed by atoms with Gasteiger partial charge in [0.1, 0.15) is 13.2 Å². The molecule has 0 saturated carbocycles. The van der Waals surface area contributed by atoms with Crippen molar-refractivity contribution in [2.75, 3.05) is 13.2 Å². The Balaban J connectivity index is 5.28. The summed E-state index contributed by atoms with van der Waals surface area (Å²) in [5.41, 5.74) is 0. The molecule has 0 unspecified atom stereocenters. The van der Waals surface area contributed by atoms with Crippen LogP contribution in [0.2, 0.25) is 0 Å². The predicted octanol–water partition coefficient (Wildman–Crippen LogP) is 4.12. The number of rotatable bonds is 11. The maximum absolute atomic E-state index is 12.9. The van der Waals surface area contributed by atoms with Crippen LogP contribution in [0, 0.1) is 0 Å². The van der Waals surface area contributed by atoms with E-state index >= 15 is 0 Å². The summed E-state index contributed by atoms with van der Waals surface area (Å²) in [5.74, 6) is 0. The van der Waals surface area contributed by atoms with E-state index in [-0.39, 0.29) is 0 Å². The average molecular weight is 478 g/mol. The average Bonchev–Trinajstić information content (AvgIpc) is 2.40. The van der Waals surface area contributed by atoms with Crippen molar-refractivity contribution in [3.05, 3.63) is 0 Å². The van der Waals surface area contributed by atoms with E-state index < -0.39 is 56.2 Å². The molecule has 0 aromatic rings. The third-order valence-electron chi connectivity index (χ3n) is 2.08. The second-order valence-corrected chi connectivity index (χ2v) is 4.54. The van der Waals surface area contributed by atoms with E-state index in [1.165, 1.54) is 0 Å². The van der Waals surface area contributed by atoms with E-state index in [0.717, 1.165) is 0 Å². The van der Waals surface area contributed by atoms with Crippen LogP contribution in [0.5, 0.6) is 0 Å². The predicted molar refractivity (Wildman–Crippen MR) is 52.0 cm³/mol. The van der Waals surface area contributed by atoms with Crippen LogP contribution in [0.25, 0.3) is 0 Å². The first-order valence-corrected chi connectivity index (χ1v) is 6.08. The molecule has 0 aliphatic carbocycles. The Labute approximate surface area is 147 Å². The Kier molecular flexibility index (Phi) is 7.77. The van der Waals surface area contributed by atoms with Gasteiger partial charge < -0.3 is 9.84 Å². The standard InChI is InChI=1S/C9H5F15O5/c10-3(11,1-25)27-7(18,19)8(20,21)28-4(12,13)2-26-5(14,15)6(16,17)29-9(22,23)24/h25H,1-2H2. The quantitative estimate of drug-likeness (QED) is 0.453. The third-order valence-corrected chi connectivity index (χ3v) is 2.08. The molecular formula is C9H5F15O5. The van der Waals surface area contributed by atoms with Gasteiger partial charge in [0.2, 0.25) is 0 Å². The second-order valence-electron chi connectivity index (χ2n) is 4.54. The molecule has 0 spiro atoms. The van der Waals surface area contributed by atoms with Crippen molar-refractivity contribution in [2.24, 2.45) is 0 Å². The summed E-state index contributed by atoms with van der Waals surface area (Å²) in [6.07, 6.45) is -44.8. The smallest absolute Gasteiger partial charge is 0.387 e. The van der Waals surface area contributed by atoms with Crippen LogP contribution >= 0.6 is 0 Å². The van der Waals surface area contributed by atoms with Gasteiger partial charge in [-0.25, -0.2) is 14.2 Å². The van der Waals surface area contributed by atoms with Crippen LogP contribution in [0.3, 0.4) is 0 Å². The molecule has 1 N–H and O–H groups in total. The van der Waals surface area contributed by atoms with Gasteiger partial charge in [0, 0.05) is 0 Å². The Hall–Kier alpha value is -1.25. The summed E-state index contributed by atoms with van der Waals surface area (Å²) in [7, 11) is 0. The van der Waals surface area contributed by atoms with E-state index in [9.17, 15) is 65.9 Å². The molecule has 0 atom stereocenters. The van der Waals surface area contributed by atoms with E-state index in [2.05, 4.69) is 9.47 Å². The summed E-state index contributed by atoms with van der Waals surface area (Å²) in [6.45, 7) is -6.20. The lowest BCUT2D eigenvalue weighted by atomic mass is 10.5. The highest BCUT2D eigenvalue weighted by molar-refractivity contribution is 4.73. The van der Waals surface area contributed by atoms with Crippen molar-refractivity contribution in [1.29, 1.82) is 0 Å². The highest BCUT2D eigenvalue weighted by Crippen LogP contribution is 2.45. The Morgan fingerprint density at radius 1 is 0.483 bits per heavy atom. The highest BCUT2D eigenvalue weighted by atomic mass is 19.4. The maximum Gasteiger partial charge on any atom is 0.527 e. The van der Waals surface area contributed by atoms with Crippen LogP contribution in [0.15, 0.2) is 0 Å². The van der Waals surface area contributed by atoms with Crippen molar-refractivity contribution in [2.45, 2.75) is 43.0 Å². The molecule has 29 heavy (non-hydrogen) atoms. The van der Waals surface area contributed by atoms with Gasteiger partial charge in [-0.3, -0.25) is 0 Å². The summed E-state index contributed by atoms with van der Waals surface area (Å²) in [4.78, 5) is 0. The van der Waals surface area contributed by atoms with Gasteiger partial charge in [0.05, 0.1) is 0 Å². The molecule has 176 valence electrons. The number of hydrogen-bond acceptors (Lipinski definition) is 5. The third kappa shape index (κ3) is 8.18. The molecule has 0 fully saturated rings. The first-order valence-electron chi connectivity index (χ1n) is 6.08. The lowest BCUT2D eigenvalue weighted by molar-refractivity contribution is -0.530. The number of hydrogen-bond donors (Lipinski definition) is 1. The molecule has 0 radical (unpaired) electrons. The number of ether oxygens (including phenoxy) is 4. The molecule has 0 heterocycles. The highest BCUT2D eigenvalue weighted by Gasteiger charge is 2.69. The molecule has 0 amide bonds. The molecular weight excluding hydrogens is 473 g/mol. The van der Waals surface area contributed by atoms with E-state index in [4.69, 9.17) is 5.11 Å². The molecule has 0 aliphatic rings. The molecule has 0 bridgehead atoms. The largest absolute Gasteiger partial charge is 0.527 e. The Morgan fingerprint density at radius 3 is 1.17 bits per heavy atom. The fourth-order valence-electron chi connectivity index (χ4n) is 1.02. The van der Waals surface area contributed by atoms with Crippen LogP contribution in [0.1, 0.15) is 0 Å². The van der Waals surface area contributed by atoms with Crippen LogP contribution in [0.4, 0.5) is 65.9 Å².